The molecule has 1 rings (SSSR count). The van der Waals surface area contributed by atoms with Crippen LogP contribution in [0.4, 0.5) is 0 Å². The Balaban J connectivity index is 2.93. The molecule has 0 aromatic rings. The third-order valence-electron chi connectivity index (χ3n) is 1.76. The first-order valence-corrected chi connectivity index (χ1v) is 3.80. The second kappa shape index (κ2) is 4.38. The molecule has 0 spiro atoms. The fourth-order valence-electron chi connectivity index (χ4n) is 1.14. The molecule has 0 heterocycles. The highest BCUT2D eigenvalue weighted by Crippen LogP contribution is 2.18. The Hall–Kier alpha value is -1.67. The van der Waals surface area contributed by atoms with Crippen molar-refractivity contribution in [3.05, 3.63) is 17.2 Å². The van der Waals surface area contributed by atoms with Gasteiger partial charge in [-0.1, -0.05) is 11.2 Å². The summed E-state index contributed by atoms with van der Waals surface area (Å²) in [6, 6.07) is 0. The molecule has 4 heteroatoms. The SMILES string of the molecule is CO/N=C1\CC=C(C=O)C(=C=O)C1. The number of hydrogen-bond acceptors (Lipinski definition) is 4. The molecule has 0 N–H and O–H groups in total. The summed E-state index contributed by atoms with van der Waals surface area (Å²) < 4.78 is 0. The van der Waals surface area contributed by atoms with Gasteiger partial charge in [-0.25, -0.2) is 4.79 Å². The summed E-state index contributed by atoms with van der Waals surface area (Å²) in [7, 11) is 1.44. The lowest BCUT2D eigenvalue weighted by atomic mass is 9.94. The summed E-state index contributed by atoms with van der Waals surface area (Å²) in [6.07, 6.45) is 3.20. The Morgan fingerprint density at radius 3 is 3.00 bits per heavy atom. The summed E-state index contributed by atoms with van der Waals surface area (Å²) in [4.78, 5) is 25.4. The van der Waals surface area contributed by atoms with Crippen LogP contribution in [0, 0.1) is 0 Å². The summed E-state index contributed by atoms with van der Waals surface area (Å²) in [5.41, 5.74) is 1.48. The van der Waals surface area contributed by atoms with E-state index in [4.69, 9.17) is 0 Å². The van der Waals surface area contributed by atoms with Crippen molar-refractivity contribution in [2.75, 3.05) is 7.11 Å². The van der Waals surface area contributed by atoms with E-state index in [-0.39, 0.29) is 0 Å². The molecule has 0 amide bonds. The van der Waals surface area contributed by atoms with Crippen LogP contribution in [-0.2, 0) is 14.4 Å². The smallest absolute Gasteiger partial charge is 0.150 e. The van der Waals surface area contributed by atoms with Gasteiger partial charge in [-0.3, -0.25) is 4.79 Å². The predicted octanol–water partition coefficient (Wildman–Crippen LogP) is 0.666. The molecule has 68 valence electrons. The van der Waals surface area contributed by atoms with Crippen molar-refractivity contribution in [2.24, 2.45) is 5.16 Å². The molecule has 1 aliphatic carbocycles. The number of oxime groups is 1. The molecular weight excluding hydrogens is 170 g/mol. The third kappa shape index (κ3) is 2.13. The van der Waals surface area contributed by atoms with Gasteiger partial charge in [0.05, 0.1) is 11.3 Å². The lowest BCUT2D eigenvalue weighted by Gasteiger charge is -2.10. The second-order valence-corrected chi connectivity index (χ2v) is 2.58. The van der Waals surface area contributed by atoms with Gasteiger partial charge < -0.3 is 4.84 Å². The predicted molar refractivity (Wildman–Crippen MR) is 47.0 cm³/mol. The lowest BCUT2D eigenvalue weighted by Crippen LogP contribution is -2.09. The lowest BCUT2D eigenvalue weighted by molar-refractivity contribution is -0.104. The van der Waals surface area contributed by atoms with Crippen molar-refractivity contribution in [3.63, 3.8) is 0 Å². The fraction of sp³-hybridized carbons (Fsp3) is 0.333. The van der Waals surface area contributed by atoms with Gasteiger partial charge in [0, 0.05) is 18.4 Å². The van der Waals surface area contributed by atoms with Gasteiger partial charge in [0.25, 0.3) is 0 Å². The molecule has 0 aromatic heterocycles. The van der Waals surface area contributed by atoms with E-state index in [0.717, 1.165) is 5.71 Å². The zero-order valence-electron chi connectivity index (χ0n) is 7.24. The number of nitrogens with zero attached hydrogens (tertiary/aromatic N) is 1. The molecule has 0 aliphatic heterocycles. The van der Waals surface area contributed by atoms with Gasteiger partial charge in [0.15, 0.2) is 6.29 Å². The molecule has 0 radical (unpaired) electrons. The van der Waals surface area contributed by atoms with Crippen molar-refractivity contribution < 1.29 is 14.4 Å². The van der Waals surface area contributed by atoms with Crippen LogP contribution < -0.4 is 0 Å². The maximum Gasteiger partial charge on any atom is 0.150 e. The summed E-state index contributed by atoms with van der Waals surface area (Å²) in [5, 5.41) is 3.71. The largest absolute Gasteiger partial charge is 0.399 e. The minimum Gasteiger partial charge on any atom is -0.399 e. The van der Waals surface area contributed by atoms with Gasteiger partial charge in [-0.15, -0.1) is 0 Å². The number of hydrogen-bond donors (Lipinski definition) is 0. The zero-order chi connectivity index (χ0) is 9.68. The topological polar surface area (TPSA) is 55.7 Å². The molecule has 0 atom stereocenters. The number of carbonyl (C=O) groups is 1. The summed E-state index contributed by atoms with van der Waals surface area (Å²) >= 11 is 0. The molecule has 0 saturated carbocycles. The van der Waals surface area contributed by atoms with Crippen molar-refractivity contribution >= 4 is 17.9 Å². The van der Waals surface area contributed by atoms with E-state index in [1.165, 1.54) is 7.11 Å². The monoisotopic (exact) mass is 179 g/mol. The van der Waals surface area contributed by atoms with Crippen LogP contribution in [-0.4, -0.2) is 25.0 Å². The molecule has 0 fully saturated rings. The van der Waals surface area contributed by atoms with Gasteiger partial charge in [0.1, 0.15) is 13.1 Å². The maximum atomic E-state index is 10.5. The number of allylic oxidation sites excluding steroid dienone is 3. The van der Waals surface area contributed by atoms with Crippen LogP contribution in [0.2, 0.25) is 0 Å². The maximum absolute atomic E-state index is 10.5. The summed E-state index contributed by atoms with van der Waals surface area (Å²) in [5.74, 6) is 1.72. The van der Waals surface area contributed by atoms with Gasteiger partial charge in [0.2, 0.25) is 0 Å². The van der Waals surface area contributed by atoms with Crippen molar-refractivity contribution in [2.45, 2.75) is 12.8 Å². The molecule has 4 nitrogen and oxygen atoms in total. The Bertz CT molecular complexity index is 322. The van der Waals surface area contributed by atoms with E-state index in [0.29, 0.717) is 30.3 Å². The Labute approximate surface area is 75.6 Å². The first-order chi connectivity index (χ1) is 6.31. The highest BCUT2D eigenvalue weighted by molar-refractivity contribution is 5.98. The van der Waals surface area contributed by atoms with Gasteiger partial charge >= 0.3 is 0 Å². The van der Waals surface area contributed by atoms with Crippen LogP contribution in [0.3, 0.4) is 0 Å². The van der Waals surface area contributed by atoms with E-state index in [9.17, 15) is 9.59 Å². The van der Waals surface area contributed by atoms with E-state index < -0.39 is 0 Å². The van der Waals surface area contributed by atoms with Crippen LogP contribution in [0.25, 0.3) is 0 Å². The summed E-state index contributed by atoms with van der Waals surface area (Å²) in [6.45, 7) is 0. The first-order valence-electron chi connectivity index (χ1n) is 3.80. The Morgan fingerprint density at radius 2 is 2.46 bits per heavy atom. The van der Waals surface area contributed by atoms with E-state index in [1.807, 2.05) is 0 Å². The average molecular weight is 179 g/mol. The molecule has 0 unspecified atom stereocenters. The molecule has 0 aromatic carbocycles. The van der Waals surface area contributed by atoms with Crippen LogP contribution in [0.15, 0.2) is 22.4 Å². The third-order valence-corrected chi connectivity index (χ3v) is 1.76. The van der Waals surface area contributed by atoms with Crippen LogP contribution in [0.5, 0.6) is 0 Å². The Kier molecular flexibility index (Phi) is 3.17. The number of carbonyl (C=O) groups excluding carboxylic acids is 2. The van der Waals surface area contributed by atoms with Crippen molar-refractivity contribution in [1.82, 2.24) is 0 Å². The molecule has 0 saturated heterocycles. The van der Waals surface area contributed by atoms with Gasteiger partial charge in [-0.2, -0.15) is 0 Å². The highest BCUT2D eigenvalue weighted by Gasteiger charge is 2.15. The quantitative estimate of drug-likeness (QED) is 0.355. The van der Waals surface area contributed by atoms with Gasteiger partial charge in [-0.05, 0) is 0 Å². The molecule has 0 bridgehead atoms. The minimum atomic E-state index is 0.344. The van der Waals surface area contributed by atoms with Crippen LogP contribution >= 0.6 is 0 Å². The highest BCUT2D eigenvalue weighted by atomic mass is 16.6. The zero-order valence-corrected chi connectivity index (χ0v) is 7.24. The number of rotatable bonds is 2. The molecular formula is C9H9NO3. The number of aldehydes is 1. The minimum absolute atomic E-state index is 0.344. The standard InChI is InChI=1S/C9H9NO3/c1-13-10-9-3-2-7(5-11)8(4-9)6-12/h2,5H,3-4H2,1H3/b10-9+. The normalized spacial score (nSPS) is 19.3. The first kappa shape index (κ1) is 9.42. The second-order valence-electron chi connectivity index (χ2n) is 2.58. The van der Waals surface area contributed by atoms with Crippen LogP contribution in [0.1, 0.15) is 12.8 Å². The van der Waals surface area contributed by atoms with E-state index in [2.05, 4.69) is 9.99 Å². The molecule has 1 aliphatic rings. The van der Waals surface area contributed by atoms with E-state index in [1.54, 1.807) is 12.0 Å². The fourth-order valence-corrected chi connectivity index (χ4v) is 1.14. The molecule has 13 heavy (non-hydrogen) atoms. The van der Waals surface area contributed by atoms with E-state index >= 15 is 0 Å². The van der Waals surface area contributed by atoms with Crippen molar-refractivity contribution in [3.8, 4) is 0 Å². The Morgan fingerprint density at radius 1 is 1.69 bits per heavy atom. The van der Waals surface area contributed by atoms with Crippen molar-refractivity contribution in [1.29, 1.82) is 0 Å². The average Bonchev–Trinajstić information content (AvgIpc) is 2.18.